The van der Waals surface area contributed by atoms with Gasteiger partial charge in [-0.15, -0.1) is 11.3 Å². The predicted molar refractivity (Wildman–Crippen MR) is 97.6 cm³/mol. The Hall–Kier alpha value is -1.92. The van der Waals surface area contributed by atoms with E-state index in [1.54, 1.807) is 11.3 Å². The number of benzene rings is 1. The summed E-state index contributed by atoms with van der Waals surface area (Å²) in [6, 6.07) is 6.36. The number of piperidine rings is 1. The summed E-state index contributed by atoms with van der Waals surface area (Å²) in [7, 11) is 0. The van der Waals surface area contributed by atoms with Crippen LogP contribution in [-0.2, 0) is 11.3 Å². The number of aromatic nitrogens is 1. The number of thiazole rings is 1. The Morgan fingerprint density at radius 1 is 1.33 bits per heavy atom. The first-order valence-corrected chi connectivity index (χ1v) is 9.31. The van der Waals surface area contributed by atoms with Gasteiger partial charge in [-0.3, -0.25) is 4.79 Å². The lowest BCUT2D eigenvalue weighted by Gasteiger charge is -2.27. The summed E-state index contributed by atoms with van der Waals surface area (Å²) in [5.74, 6) is -0.0891. The number of anilines is 2. The highest BCUT2D eigenvalue weighted by Gasteiger charge is 2.26. The van der Waals surface area contributed by atoms with E-state index in [0.29, 0.717) is 0 Å². The smallest absolute Gasteiger partial charge is 0.220 e. The van der Waals surface area contributed by atoms with Gasteiger partial charge in [0, 0.05) is 29.8 Å². The van der Waals surface area contributed by atoms with Crippen LogP contribution >= 0.6 is 11.3 Å². The minimum absolute atomic E-state index is 0.0613. The van der Waals surface area contributed by atoms with Crippen molar-refractivity contribution in [3.8, 4) is 0 Å². The van der Waals surface area contributed by atoms with Gasteiger partial charge >= 0.3 is 0 Å². The van der Waals surface area contributed by atoms with Gasteiger partial charge in [0.15, 0.2) is 5.13 Å². The molecule has 0 atom stereocenters. The highest BCUT2D eigenvalue weighted by atomic mass is 32.1. The number of likely N-dealkylation sites (tertiary alicyclic amines) is 1. The van der Waals surface area contributed by atoms with Crippen LogP contribution in [0.4, 0.5) is 10.8 Å². The second kappa shape index (κ2) is 7.32. The van der Waals surface area contributed by atoms with Gasteiger partial charge in [0.05, 0.1) is 13.1 Å². The third kappa shape index (κ3) is 4.13. The fraction of sp³-hybridized carbons (Fsp3) is 0.444. The number of carbonyl (C=O) groups excluding carboxylic acids is 1. The summed E-state index contributed by atoms with van der Waals surface area (Å²) < 4.78 is 0. The third-order valence-corrected chi connectivity index (χ3v) is 5.64. The molecule has 1 saturated heterocycles. The molecule has 0 saturated carbocycles. The van der Waals surface area contributed by atoms with Gasteiger partial charge in [0.25, 0.3) is 0 Å². The van der Waals surface area contributed by atoms with E-state index in [2.05, 4.69) is 42.7 Å². The molecule has 4 N–H and O–H groups in total. The number of rotatable bonds is 5. The van der Waals surface area contributed by atoms with Crippen molar-refractivity contribution in [2.75, 3.05) is 18.4 Å². The highest BCUT2D eigenvalue weighted by Crippen LogP contribution is 2.22. The molecule has 3 rings (SSSR count). The number of primary amides is 1. The minimum Gasteiger partial charge on any atom is -0.369 e. The maximum Gasteiger partial charge on any atom is 0.220 e. The molecule has 5 nitrogen and oxygen atoms in total. The van der Waals surface area contributed by atoms with E-state index in [1.165, 1.54) is 16.0 Å². The Morgan fingerprint density at radius 2 is 2.08 bits per heavy atom. The van der Waals surface area contributed by atoms with Crippen molar-refractivity contribution >= 4 is 28.1 Å². The second-order valence-corrected chi connectivity index (χ2v) is 7.53. The molecule has 0 radical (unpaired) electrons. The second-order valence-electron chi connectivity index (χ2n) is 6.67. The Kier molecular flexibility index (Phi) is 5.16. The first-order valence-electron chi connectivity index (χ1n) is 8.43. The van der Waals surface area contributed by atoms with Crippen LogP contribution in [-0.4, -0.2) is 24.0 Å². The van der Waals surface area contributed by atoms with Crippen molar-refractivity contribution in [3.63, 3.8) is 0 Å². The van der Waals surface area contributed by atoms with Crippen molar-refractivity contribution in [3.05, 3.63) is 40.4 Å². The standard InChI is InChI=1S/C18H24N4OS/c1-12-3-4-15(9-13(12)2)20-18-21-16(11-24-18)10-22-7-5-14(6-8-22)17(19)23/h3-4,9,11,14H,5-8,10H2,1-2H3,(H2,19,23)(H,20,21)/p+1. The number of nitrogens with zero attached hydrogens (tertiary/aromatic N) is 1. The van der Waals surface area contributed by atoms with Crippen LogP contribution in [0.2, 0.25) is 0 Å². The van der Waals surface area contributed by atoms with Gasteiger partial charge < -0.3 is 16.0 Å². The first kappa shape index (κ1) is 16.9. The topological polar surface area (TPSA) is 72.5 Å². The third-order valence-electron chi connectivity index (χ3n) is 4.84. The Balaban J connectivity index is 1.56. The molecular formula is C18H25N4OS+. The van der Waals surface area contributed by atoms with Crippen LogP contribution in [0.3, 0.4) is 0 Å². The number of nitrogens with one attached hydrogen (secondary N) is 2. The molecule has 1 aromatic heterocycles. The molecule has 1 fully saturated rings. The fourth-order valence-electron chi connectivity index (χ4n) is 3.13. The van der Waals surface area contributed by atoms with Crippen LogP contribution in [0.15, 0.2) is 23.6 Å². The van der Waals surface area contributed by atoms with Crippen LogP contribution in [0.25, 0.3) is 0 Å². The number of hydrogen-bond donors (Lipinski definition) is 3. The van der Waals surface area contributed by atoms with E-state index in [1.807, 2.05) is 0 Å². The molecule has 2 heterocycles. The van der Waals surface area contributed by atoms with Crippen LogP contribution in [0.1, 0.15) is 29.7 Å². The molecule has 1 amide bonds. The summed E-state index contributed by atoms with van der Waals surface area (Å²) in [6.45, 7) is 7.13. The van der Waals surface area contributed by atoms with E-state index in [9.17, 15) is 4.79 Å². The number of quaternary nitrogens is 1. The summed E-state index contributed by atoms with van der Waals surface area (Å²) >= 11 is 1.64. The number of nitrogens with two attached hydrogens (primary N) is 1. The molecule has 1 aliphatic heterocycles. The molecule has 128 valence electrons. The largest absolute Gasteiger partial charge is 0.369 e. The van der Waals surface area contributed by atoms with Crippen molar-refractivity contribution in [1.29, 1.82) is 0 Å². The van der Waals surface area contributed by atoms with E-state index in [-0.39, 0.29) is 11.8 Å². The Morgan fingerprint density at radius 3 is 2.75 bits per heavy atom. The predicted octanol–water partition coefficient (Wildman–Crippen LogP) is 1.78. The molecular weight excluding hydrogens is 320 g/mol. The zero-order valence-corrected chi connectivity index (χ0v) is 15.1. The SMILES string of the molecule is Cc1ccc(Nc2nc(C[NH+]3CCC(C(N)=O)CC3)cs2)cc1C. The van der Waals surface area contributed by atoms with E-state index in [0.717, 1.165) is 49.0 Å². The fourth-order valence-corrected chi connectivity index (χ4v) is 3.86. The zero-order chi connectivity index (χ0) is 17.1. The normalized spacial score (nSPS) is 20.8. The molecule has 24 heavy (non-hydrogen) atoms. The maximum atomic E-state index is 11.2. The quantitative estimate of drug-likeness (QED) is 0.773. The van der Waals surface area contributed by atoms with Crippen molar-refractivity contribution < 1.29 is 9.69 Å². The van der Waals surface area contributed by atoms with Crippen molar-refractivity contribution in [1.82, 2.24) is 4.98 Å². The lowest BCUT2D eigenvalue weighted by molar-refractivity contribution is -0.919. The van der Waals surface area contributed by atoms with Crippen molar-refractivity contribution in [2.45, 2.75) is 33.2 Å². The van der Waals surface area contributed by atoms with E-state index >= 15 is 0 Å². The van der Waals surface area contributed by atoms with Gasteiger partial charge in [0.1, 0.15) is 12.2 Å². The van der Waals surface area contributed by atoms with Crippen molar-refractivity contribution in [2.24, 2.45) is 11.7 Å². The van der Waals surface area contributed by atoms with Gasteiger partial charge in [-0.2, -0.15) is 0 Å². The molecule has 0 spiro atoms. The van der Waals surface area contributed by atoms with Gasteiger partial charge in [0.2, 0.25) is 5.91 Å². The molecule has 0 unspecified atom stereocenters. The molecule has 6 heteroatoms. The van der Waals surface area contributed by atoms with Gasteiger partial charge in [-0.25, -0.2) is 4.98 Å². The Bertz CT molecular complexity index is 720. The molecule has 0 aliphatic carbocycles. The maximum absolute atomic E-state index is 11.2. The summed E-state index contributed by atoms with van der Waals surface area (Å²) in [6.07, 6.45) is 1.78. The lowest BCUT2D eigenvalue weighted by Crippen LogP contribution is -3.11. The molecule has 0 bridgehead atoms. The minimum atomic E-state index is -0.150. The van der Waals surface area contributed by atoms with Crippen LogP contribution < -0.4 is 16.0 Å². The number of aryl methyl sites for hydroxylation is 2. The number of carbonyl (C=O) groups is 1. The average molecular weight is 345 g/mol. The van der Waals surface area contributed by atoms with E-state index < -0.39 is 0 Å². The average Bonchev–Trinajstić information content (AvgIpc) is 2.98. The lowest BCUT2D eigenvalue weighted by atomic mass is 9.96. The number of hydrogen-bond acceptors (Lipinski definition) is 4. The summed E-state index contributed by atoms with van der Waals surface area (Å²) in [5, 5.41) is 6.44. The first-order chi connectivity index (χ1) is 11.5. The summed E-state index contributed by atoms with van der Waals surface area (Å²) in [5.41, 5.74) is 10.2. The van der Waals surface area contributed by atoms with Gasteiger partial charge in [-0.1, -0.05) is 6.07 Å². The summed E-state index contributed by atoms with van der Waals surface area (Å²) in [4.78, 5) is 17.4. The van der Waals surface area contributed by atoms with Crippen LogP contribution in [0.5, 0.6) is 0 Å². The molecule has 1 aromatic carbocycles. The monoisotopic (exact) mass is 345 g/mol. The highest BCUT2D eigenvalue weighted by molar-refractivity contribution is 7.13. The van der Waals surface area contributed by atoms with Crippen LogP contribution in [0, 0.1) is 19.8 Å². The molecule has 1 aliphatic rings. The number of amides is 1. The zero-order valence-electron chi connectivity index (χ0n) is 14.3. The van der Waals surface area contributed by atoms with Gasteiger partial charge in [-0.05, 0) is 37.1 Å². The molecule has 2 aromatic rings. The van der Waals surface area contributed by atoms with E-state index in [4.69, 9.17) is 10.7 Å². The Labute approximate surface area is 146 Å².